The fourth-order valence-corrected chi connectivity index (χ4v) is 3.46. The van der Waals surface area contributed by atoms with Gasteiger partial charge in [0.15, 0.2) is 0 Å². The van der Waals surface area contributed by atoms with Gasteiger partial charge in [-0.1, -0.05) is 13.3 Å². The van der Waals surface area contributed by atoms with Crippen molar-refractivity contribution in [3.05, 3.63) is 23.3 Å². The molecule has 0 spiro atoms. The van der Waals surface area contributed by atoms with Crippen LogP contribution in [0.3, 0.4) is 0 Å². The number of ether oxygens (including phenoxy) is 2. The largest absolute Gasteiger partial charge is 0.496 e. The van der Waals surface area contributed by atoms with Gasteiger partial charge in [-0.2, -0.15) is 0 Å². The molecule has 1 aromatic rings. The third-order valence-corrected chi connectivity index (χ3v) is 4.58. The molecule has 0 aliphatic carbocycles. The third-order valence-electron chi connectivity index (χ3n) is 3.52. The van der Waals surface area contributed by atoms with Crippen LogP contribution in [0.1, 0.15) is 43.4 Å². The number of rotatable bonds is 7. The number of aliphatic hydroxyl groups is 1. The molecule has 0 amide bonds. The standard InChI is InChI=1S/C16H22O4S/c1-3-4-12-14(19-2)9-11(10-15(12)21-8-7-17)13-5-6-16(18)20-13/h9-10,13,17H,3-8H2,1-2H3. The van der Waals surface area contributed by atoms with Crippen LogP contribution in [-0.2, 0) is 16.0 Å². The van der Waals surface area contributed by atoms with Gasteiger partial charge in [-0.15, -0.1) is 11.8 Å². The molecule has 1 heterocycles. The second kappa shape index (κ2) is 7.71. The number of methoxy groups -OCH3 is 1. The third kappa shape index (κ3) is 3.92. The van der Waals surface area contributed by atoms with E-state index >= 15 is 0 Å². The van der Waals surface area contributed by atoms with E-state index in [1.807, 2.05) is 6.07 Å². The number of benzene rings is 1. The summed E-state index contributed by atoms with van der Waals surface area (Å²) in [5.41, 5.74) is 2.16. The SMILES string of the molecule is CCCc1c(OC)cc(C2CCC(=O)O2)cc1SCCO. The quantitative estimate of drug-likeness (QED) is 0.619. The summed E-state index contributed by atoms with van der Waals surface area (Å²) in [7, 11) is 1.67. The van der Waals surface area contributed by atoms with Gasteiger partial charge in [0.05, 0.1) is 13.7 Å². The maximum absolute atomic E-state index is 11.3. The van der Waals surface area contributed by atoms with E-state index in [0.717, 1.165) is 35.5 Å². The molecule has 21 heavy (non-hydrogen) atoms. The molecule has 1 aromatic carbocycles. The van der Waals surface area contributed by atoms with Gasteiger partial charge < -0.3 is 14.6 Å². The van der Waals surface area contributed by atoms with E-state index in [2.05, 4.69) is 13.0 Å². The number of carbonyl (C=O) groups is 1. The summed E-state index contributed by atoms with van der Waals surface area (Å²) >= 11 is 1.62. The van der Waals surface area contributed by atoms with Crippen LogP contribution in [0.25, 0.3) is 0 Å². The van der Waals surface area contributed by atoms with Crippen LogP contribution < -0.4 is 4.74 Å². The number of hydrogen-bond donors (Lipinski definition) is 1. The van der Waals surface area contributed by atoms with E-state index in [1.165, 1.54) is 5.56 Å². The predicted octanol–water partition coefficient (Wildman–Crippen LogP) is 3.11. The normalized spacial score (nSPS) is 17.9. The average molecular weight is 310 g/mol. The van der Waals surface area contributed by atoms with Crippen LogP contribution in [0.15, 0.2) is 17.0 Å². The van der Waals surface area contributed by atoms with Crippen molar-refractivity contribution in [2.45, 2.75) is 43.6 Å². The molecule has 1 N–H and O–H groups in total. The Hall–Kier alpha value is -1.20. The molecule has 0 aromatic heterocycles. The zero-order valence-corrected chi connectivity index (χ0v) is 13.4. The maximum Gasteiger partial charge on any atom is 0.306 e. The van der Waals surface area contributed by atoms with Gasteiger partial charge in [-0.25, -0.2) is 0 Å². The molecule has 1 aliphatic rings. The Kier molecular flexibility index (Phi) is 5.94. The topological polar surface area (TPSA) is 55.8 Å². The summed E-state index contributed by atoms with van der Waals surface area (Å²) in [6.45, 7) is 2.27. The Bertz CT molecular complexity index is 501. The summed E-state index contributed by atoms with van der Waals surface area (Å²) in [6, 6.07) is 4.06. The molecule has 116 valence electrons. The first-order chi connectivity index (χ1) is 10.2. The van der Waals surface area contributed by atoms with Crippen molar-refractivity contribution in [3.63, 3.8) is 0 Å². The zero-order valence-electron chi connectivity index (χ0n) is 12.6. The molecule has 1 atom stereocenters. The Labute approximate surface area is 129 Å². The number of carbonyl (C=O) groups excluding carboxylic acids is 1. The van der Waals surface area contributed by atoms with Crippen molar-refractivity contribution in [2.24, 2.45) is 0 Å². The molecule has 1 saturated heterocycles. The van der Waals surface area contributed by atoms with Crippen molar-refractivity contribution in [2.75, 3.05) is 19.5 Å². The minimum Gasteiger partial charge on any atom is -0.496 e. The highest BCUT2D eigenvalue weighted by Crippen LogP contribution is 2.38. The second-order valence-corrected chi connectivity index (χ2v) is 6.18. The molecular weight excluding hydrogens is 288 g/mol. The second-order valence-electron chi connectivity index (χ2n) is 5.04. The van der Waals surface area contributed by atoms with Crippen molar-refractivity contribution >= 4 is 17.7 Å². The van der Waals surface area contributed by atoms with Crippen LogP contribution in [0.2, 0.25) is 0 Å². The molecule has 1 fully saturated rings. The first-order valence-corrected chi connectivity index (χ1v) is 8.32. The number of thioether (sulfide) groups is 1. The van der Waals surface area contributed by atoms with E-state index < -0.39 is 0 Å². The number of aliphatic hydroxyl groups excluding tert-OH is 1. The van der Waals surface area contributed by atoms with Crippen molar-refractivity contribution in [1.29, 1.82) is 0 Å². The Morgan fingerprint density at radius 1 is 1.48 bits per heavy atom. The monoisotopic (exact) mass is 310 g/mol. The highest BCUT2D eigenvalue weighted by molar-refractivity contribution is 7.99. The average Bonchev–Trinajstić information content (AvgIpc) is 2.92. The lowest BCUT2D eigenvalue weighted by Gasteiger charge is -2.18. The highest BCUT2D eigenvalue weighted by atomic mass is 32.2. The molecular formula is C16H22O4S. The number of hydrogen-bond acceptors (Lipinski definition) is 5. The highest BCUT2D eigenvalue weighted by Gasteiger charge is 2.26. The van der Waals surface area contributed by atoms with Crippen molar-refractivity contribution in [1.82, 2.24) is 0 Å². The van der Waals surface area contributed by atoms with Crippen LogP contribution in [0.4, 0.5) is 0 Å². The van der Waals surface area contributed by atoms with Gasteiger partial charge in [-0.3, -0.25) is 4.79 Å². The maximum atomic E-state index is 11.3. The van der Waals surface area contributed by atoms with Crippen LogP contribution in [0.5, 0.6) is 5.75 Å². The first-order valence-electron chi connectivity index (χ1n) is 7.33. The lowest BCUT2D eigenvalue weighted by atomic mass is 10.0. The Morgan fingerprint density at radius 3 is 2.86 bits per heavy atom. The van der Waals surface area contributed by atoms with E-state index in [1.54, 1.807) is 18.9 Å². The summed E-state index contributed by atoms with van der Waals surface area (Å²) in [5.74, 6) is 1.35. The van der Waals surface area contributed by atoms with Crippen LogP contribution in [0, 0.1) is 0 Å². The minimum atomic E-state index is -0.171. The fraction of sp³-hybridized carbons (Fsp3) is 0.562. The zero-order chi connectivity index (χ0) is 15.2. The molecule has 2 rings (SSSR count). The van der Waals surface area contributed by atoms with E-state index in [0.29, 0.717) is 12.2 Å². The number of cyclic esters (lactones) is 1. The fourth-order valence-electron chi connectivity index (χ4n) is 2.55. The smallest absolute Gasteiger partial charge is 0.306 e. The summed E-state index contributed by atoms with van der Waals surface area (Å²) in [6.07, 6.45) is 2.99. The van der Waals surface area contributed by atoms with Gasteiger partial charge in [0, 0.05) is 22.6 Å². The van der Waals surface area contributed by atoms with Crippen molar-refractivity contribution < 1.29 is 19.4 Å². The molecule has 0 bridgehead atoms. The van der Waals surface area contributed by atoms with Gasteiger partial charge in [0.1, 0.15) is 11.9 Å². The van der Waals surface area contributed by atoms with Gasteiger partial charge >= 0.3 is 5.97 Å². The van der Waals surface area contributed by atoms with Gasteiger partial charge in [0.25, 0.3) is 0 Å². The van der Waals surface area contributed by atoms with E-state index in [-0.39, 0.29) is 18.7 Å². The van der Waals surface area contributed by atoms with Gasteiger partial charge in [0.2, 0.25) is 0 Å². The van der Waals surface area contributed by atoms with Crippen molar-refractivity contribution in [3.8, 4) is 5.75 Å². The summed E-state index contributed by atoms with van der Waals surface area (Å²) < 4.78 is 10.9. The summed E-state index contributed by atoms with van der Waals surface area (Å²) in [5, 5.41) is 9.07. The van der Waals surface area contributed by atoms with Crippen LogP contribution >= 0.6 is 11.8 Å². The molecule has 5 heteroatoms. The number of esters is 1. The lowest BCUT2D eigenvalue weighted by Crippen LogP contribution is -2.03. The van der Waals surface area contributed by atoms with Crippen LogP contribution in [-0.4, -0.2) is 30.5 Å². The molecule has 4 nitrogen and oxygen atoms in total. The van der Waals surface area contributed by atoms with E-state index in [9.17, 15) is 4.79 Å². The summed E-state index contributed by atoms with van der Waals surface area (Å²) in [4.78, 5) is 12.4. The molecule has 0 saturated carbocycles. The molecule has 0 radical (unpaired) electrons. The van der Waals surface area contributed by atoms with Gasteiger partial charge in [-0.05, 0) is 30.5 Å². The van der Waals surface area contributed by atoms with E-state index in [4.69, 9.17) is 14.6 Å². The minimum absolute atomic E-state index is 0.138. The molecule has 1 unspecified atom stereocenters. The predicted molar refractivity (Wildman–Crippen MR) is 82.9 cm³/mol. The Balaban J connectivity index is 2.35. The Morgan fingerprint density at radius 2 is 2.29 bits per heavy atom. The lowest BCUT2D eigenvalue weighted by molar-refractivity contribution is -0.141. The first kappa shape index (κ1) is 16.2. The molecule has 1 aliphatic heterocycles.